The minimum absolute atomic E-state index is 0.0886. The van der Waals surface area contributed by atoms with E-state index in [0.717, 1.165) is 11.3 Å². The molecule has 1 saturated carbocycles. The molecule has 2 amide bonds. The molecule has 0 spiro atoms. The van der Waals surface area contributed by atoms with Crippen molar-refractivity contribution in [1.29, 1.82) is 0 Å². The molecule has 0 N–H and O–H groups in total. The molecule has 0 bridgehead atoms. The van der Waals surface area contributed by atoms with Crippen LogP contribution in [0.1, 0.15) is 27.6 Å². The van der Waals surface area contributed by atoms with Crippen molar-refractivity contribution in [3.8, 4) is 0 Å². The first-order valence-electron chi connectivity index (χ1n) is 8.40. The SMILES string of the molecule is O=C(c1cccs1)N1CCN(C(=O)[C@@H]2C[C@@H]2c2ccccc2)CC1. The van der Waals surface area contributed by atoms with E-state index in [9.17, 15) is 9.59 Å². The van der Waals surface area contributed by atoms with Gasteiger partial charge in [-0.2, -0.15) is 0 Å². The summed E-state index contributed by atoms with van der Waals surface area (Å²) in [6.07, 6.45) is 0.956. The highest BCUT2D eigenvalue weighted by Gasteiger charge is 2.46. The van der Waals surface area contributed by atoms with E-state index in [1.54, 1.807) is 0 Å². The van der Waals surface area contributed by atoms with Crippen LogP contribution < -0.4 is 0 Å². The average molecular weight is 340 g/mol. The topological polar surface area (TPSA) is 40.6 Å². The second kappa shape index (κ2) is 6.40. The molecule has 4 nitrogen and oxygen atoms in total. The second-order valence-electron chi connectivity index (χ2n) is 6.45. The van der Waals surface area contributed by atoms with E-state index in [1.165, 1.54) is 16.9 Å². The summed E-state index contributed by atoms with van der Waals surface area (Å²) >= 11 is 1.47. The van der Waals surface area contributed by atoms with Crippen LogP contribution in [0.3, 0.4) is 0 Å². The summed E-state index contributed by atoms with van der Waals surface area (Å²) in [7, 11) is 0. The van der Waals surface area contributed by atoms with Crippen LogP contribution in [0.4, 0.5) is 0 Å². The summed E-state index contributed by atoms with van der Waals surface area (Å²) < 4.78 is 0. The first-order valence-corrected chi connectivity index (χ1v) is 9.28. The lowest BCUT2D eigenvalue weighted by Crippen LogP contribution is -2.51. The molecule has 2 aromatic rings. The summed E-state index contributed by atoms with van der Waals surface area (Å²) in [6.45, 7) is 2.55. The second-order valence-corrected chi connectivity index (χ2v) is 7.40. The van der Waals surface area contributed by atoms with Crippen molar-refractivity contribution in [2.45, 2.75) is 12.3 Å². The minimum atomic E-state index is 0.0886. The van der Waals surface area contributed by atoms with Crippen LogP contribution in [-0.4, -0.2) is 47.8 Å². The Kier molecular flexibility index (Phi) is 4.10. The van der Waals surface area contributed by atoms with Gasteiger partial charge in [-0.3, -0.25) is 9.59 Å². The highest BCUT2D eigenvalue weighted by atomic mass is 32.1. The van der Waals surface area contributed by atoms with E-state index in [1.807, 2.05) is 45.5 Å². The first kappa shape index (κ1) is 15.4. The molecule has 5 heteroatoms. The summed E-state index contributed by atoms with van der Waals surface area (Å²) in [5.41, 5.74) is 1.27. The van der Waals surface area contributed by atoms with Gasteiger partial charge in [0.2, 0.25) is 5.91 Å². The number of thiophene rings is 1. The van der Waals surface area contributed by atoms with Crippen molar-refractivity contribution in [3.63, 3.8) is 0 Å². The number of piperazine rings is 1. The van der Waals surface area contributed by atoms with E-state index in [4.69, 9.17) is 0 Å². The molecule has 124 valence electrons. The van der Waals surface area contributed by atoms with Crippen molar-refractivity contribution in [2.24, 2.45) is 5.92 Å². The predicted octanol–water partition coefficient (Wildman–Crippen LogP) is 2.84. The molecule has 24 heavy (non-hydrogen) atoms. The Labute approximate surface area is 145 Å². The summed E-state index contributed by atoms with van der Waals surface area (Å²) in [4.78, 5) is 29.6. The van der Waals surface area contributed by atoms with Gasteiger partial charge in [-0.1, -0.05) is 36.4 Å². The van der Waals surface area contributed by atoms with Crippen molar-refractivity contribution in [2.75, 3.05) is 26.2 Å². The normalized spacial score (nSPS) is 23.2. The van der Waals surface area contributed by atoms with Crippen LogP contribution in [0.25, 0.3) is 0 Å². The molecule has 2 fully saturated rings. The van der Waals surface area contributed by atoms with Crippen LogP contribution in [0.15, 0.2) is 47.8 Å². The highest BCUT2D eigenvalue weighted by molar-refractivity contribution is 7.12. The smallest absolute Gasteiger partial charge is 0.264 e. The van der Waals surface area contributed by atoms with Gasteiger partial charge in [0.15, 0.2) is 0 Å². The van der Waals surface area contributed by atoms with Crippen LogP contribution >= 0.6 is 11.3 Å². The third kappa shape index (κ3) is 2.96. The van der Waals surface area contributed by atoms with E-state index in [2.05, 4.69) is 12.1 Å². The van der Waals surface area contributed by atoms with Crippen LogP contribution in [0.5, 0.6) is 0 Å². The lowest BCUT2D eigenvalue weighted by atomic mass is 10.1. The van der Waals surface area contributed by atoms with Gasteiger partial charge in [0, 0.05) is 32.1 Å². The lowest BCUT2D eigenvalue weighted by Gasteiger charge is -2.34. The maximum atomic E-state index is 12.7. The quantitative estimate of drug-likeness (QED) is 0.862. The van der Waals surface area contributed by atoms with Gasteiger partial charge in [0.05, 0.1) is 4.88 Å². The third-order valence-corrected chi connectivity index (χ3v) is 5.80. The average Bonchev–Trinajstić information content (AvgIpc) is 3.26. The third-order valence-electron chi connectivity index (χ3n) is 4.95. The van der Waals surface area contributed by atoms with Gasteiger partial charge < -0.3 is 9.80 Å². The number of benzene rings is 1. The largest absolute Gasteiger partial charge is 0.339 e. The molecular weight excluding hydrogens is 320 g/mol. The number of amides is 2. The molecule has 0 radical (unpaired) electrons. The zero-order valence-electron chi connectivity index (χ0n) is 13.4. The zero-order chi connectivity index (χ0) is 16.5. The summed E-state index contributed by atoms with van der Waals surface area (Å²) in [5, 5.41) is 1.92. The molecular formula is C19H20N2O2S. The van der Waals surface area contributed by atoms with Crippen molar-refractivity contribution >= 4 is 23.2 Å². The fraction of sp³-hybridized carbons (Fsp3) is 0.368. The standard InChI is InChI=1S/C19H20N2O2S/c22-18(16-13-15(16)14-5-2-1-3-6-14)20-8-10-21(11-9-20)19(23)17-7-4-12-24-17/h1-7,12,15-16H,8-11,13H2/t15-,16-/m1/s1. The zero-order valence-corrected chi connectivity index (χ0v) is 14.2. The van der Waals surface area contributed by atoms with Gasteiger partial charge in [0.1, 0.15) is 0 Å². The Hall–Kier alpha value is -2.14. The van der Waals surface area contributed by atoms with Crippen molar-refractivity contribution in [3.05, 3.63) is 58.3 Å². The monoisotopic (exact) mass is 340 g/mol. The minimum Gasteiger partial charge on any atom is -0.339 e. The summed E-state index contributed by atoms with van der Waals surface area (Å²) in [6, 6.07) is 14.0. The number of hydrogen-bond donors (Lipinski definition) is 0. The van der Waals surface area contributed by atoms with E-state index in [0.29, 0.717) is 32.1 Å². The van der Waals surface area contributed by atoms with Crippen LogP contribution in [0, 0.1) is 5.92 Å². The Bertz CT molecular complexity index is 721. The highest BCUT2D eigenvalue weighted by Crippen LogP contribution is 2.48. The molecule has 0 unspecified atom stereocenters. The van der Waals surface area contributed by atoms with E-state index >= 15 is 0 Å². The molecule has 4 rings (SSSR count). The van der Waals surface area contributed by atoms with Crippen LogP contribution in [0.2, 0.25) is 0 Å². The number of carbonyl (C=O) groups is 2. The van der Waals surface area contributed by atoms with E-state index < -0.39 is 0 Å². The maximum absolute atomic E-state index is 12.7. The first-order chi connectivity index (χ1) is 11.7. The molecule has 2 heterocycles. The maximum Gasteiger partial charge on any atom is 0.264 e. The molecule has 2 atom stereocenters. The molecule has 2 aliphatic rings. The summed E-state index contributed by atoms with van der Waals surface area (Å²) in [5.74, 6) is 0.856. The van der Waals surface area contributed by atoms with Gasteiger partial charge in [-0.05, 0) is 29.3 Å². The fourth-order valence-electron chi connectivity index (χ4n) is 3.46. The Balaban J connectivity index is 1.32. The fourth-order valence-corrected chi connectivity index (χ4v) is 4.15. The Morgan fingerprint density at radius 1 is 0.917 bits per heavy atom. The van der Waals surface area contributed by atoms with Gasteiger partial charge in [0.25, 0.3) is 5.91 Å². The van der Waals surface area contributed by atoms with Gasteiger partial charge >= 0.3 is 0 Å². The van der Waals surface area contributed by atoms with Gasteiger partial charge in [-0.25, -0.2) is 0 Å². The Morgan fingerprint density at radius 2 is 1.62 bits per heavy atom. The lowest BCUT2D eigenvalue weighted by molar-refractivity contribution is -0.134. The number of carbonyl (C=O) groups excluding carboxylic acids is 2. The predicted molar refractivity (Wildman–Crippen MR) is 94.1 cm³/mol. The molecule has 1 aromatic heterocycles. The molecule has 1 saturated heterocycles. The molecule has 1 aliphatic heterocycles. The Morgan fingerprint density at radius 3 is 2.29 bits per heavy atom. The number of hydrogen-bond acceptors (Lipinski definition) is 3. The number of rotatable bonds is 3. The number of nitrogens with zero attached hydrogens (tertiary/aromatic N) is 2. The van der Waals surface area contributed by atoms with Crippen molar-refractivity contribution in [1.82, 2.24) is 9.80 Å². The van der Waals surface area contributed by atoms with E-state index in [-0.39, 0.29) is 17.7 Å². The van der Waals surface area contributed by atoms with Crippen molar-refractivity contribution < 1.29 is 9.59 Å². The molecule has 1 aromatic carbocycles. The van der Waals surface area contributed by atoms with Crippen LogP contribution in [-0.2, 0) is 4.79 Å². The van der Waals surface area contributed by atoms with Gasteiger partial charge in [-0.15, -0.1) is 11.3 Å². The molecule has 1 aliphatic carbocycles.